The first kappa shape index (κ1) is 13.5. The zero-order valence-corrected chi connectivity index (χ0v) is 10.5. The Balaban J connectivity index is 2.14. The van der Waals surface area contributed by atoms with Gasteiger partial charge >= 0.3 is 0 Å². The molecule has 1 aromatic rings. The summed E-state index contributed by atoms with van der Waals surface area (Å²) >= 11 is 0.857. The molecule has 1 fully saturated rings. The molecule has 0 bridgehead atoms. The van der Waals surface area contributed by atoms with E-state index in [9.17, 15) is 23.9 Å². The third-order valence-corrected chi connectivity index (χ3v) is 3.77. The molecule has 1 aliphatic rings. The highest BCUT2D eigenvalue weighted by Crippen LogP contribution is 2.29. The molecular weight excluding hydrogens is 273 g/mol. The van der Waals surface area contributed by atoms with Crippen LogP contribution in [0.5, 0.6) is 0 Å². The molecule has 1 heterocycles. The van der Waals surface area contributed by atoms with Crippen LogP contribution in [0, 0.1) is 5.82 Å². The number of carboxylic acids is 1. The molecule has 0 spiro atoms. The van der Waals surface area contributed by atoms with Crippen LogP contribution in [-0.4, -0.2) is 28.8 Å². The van der Waals surface area contributed by atoms with Crippen LogP contribution in [0.25, 0.3) is 0 Å². The number of halogens is 1. The second kappa shape index (κ2) is 5.40. The molecule has 100 valence electrons. The van der Waals surface area contributed by atoms with Gasteiger partial charge in [0, 0.05) is 12.2 Å². The zero-order valence-electron chi connectivity index (χ0n) is 9.67. The number of hydrogen-bond donors (Lipinski definition) is 0. The van der Waals surface area contributed by atoms with Gasteiger partial charge in [0.15, 0.2) is 0 Å². The highest BCUT2D eigenvalue weighted by molar-refractivity contribution is 8.01. The van der Waals surface area contributed by atoms with Gasteiger partial charge in [-0.25, -0.2) is 9.29 Å². The van der Waals surface area contributed by atoms with Crippen LogP contribution in [0.15, 0.2) is 24.3 Å². The van der Waals surface area contributed by atoms with E-state index in [2.05, 4.69) is 0 Å². The number of carbonyl (C=O) groups excluding carboxylic acids is 3. The number of aliphatic carboxylic acids is 1. The first-order valence-electron chi connectivity index (χ1n) is 5.43. The number of nitrogens with zero attached hydrogens (tertiary/aromatic N) is 1. The van der Waals surface area contributed by atoms with Crippen molar-refractivity contribution in [1.82, 2.24) is 0 Å². The van der Waals surface area contributed by atoms with Gasteiger partial charge in [0.2, 0.25) is 11.8 Å². The fourth-order valence-corrected chi connectivity index (χ4v) is 2.61. The smallest absolute Gasteiger partial charge is 0.247 e. The molecule has 2 amide bonds. The quantitative estimate of drug-likeness (QED) is 0.723. The monoisotopic (exact) mass is 282 g/mol. The molecule has 0 aromatic heterocycles. The Hall–Kier alpha value is -1.89. The van der Waals surface area contributed by atoms with E-state index in [4.69, 9.17) is 0 Å². The lowest BCUT2D eigenvalue weighted by molar-refractivity contribution is -0.301. The van der Waals surface area contributed by atoms with E-state index in [1.54, 1.807) is 0 Å². The summed E-state index contributed by atoms with van der Waals surface area (Å²) in [5, 5.41) is 9.62. The van der Waals surface area contributed by atoms with Crippen LogP contribution >= 0.6 is 11.8 Å². The minimum absolute atomic E-state index is 0.0614. The predicted octanol–water partition coefficient (Wildman–Crippen LogP) is -0.0593. The number of carboxylic acid groups (broad SMARTS) is 1. The highest BCUT2D eigenvalue weighted by atomic mass is 32.2. The predicted molar refractivity (Wildman–Crippen MR) is 64.8 cm³/mol. The van der Waals surface area contributed by atoms with Crippen molar-refractivity contribution in [1.29, 1.82) is 0 Å². The number of imide groups is 1. The van der Waals surface area contributed by atoms with Crippen molar-refractivity contribution in [2.75, 3.05) is 10.7 Å². The third-order valence-electron chi connectivity index (χ3n) is 2.59. The van der Waals surface area contributed by atoms with Crippen molar-refractivity contribution < 1.29 is 23.9 Å². The molecule has 1 aromatic carbocycles. The molecule has 0 N–H and O–H groups in total. The summed E-state index contributed by atoms with van der Waals surface area (Å²) in [5.41, 5.74) is 0.285. The Labute approximate surface area is 112 Å². The Bertz CT molecular complexity index is 531. The van der Waals surface area contributed by atoms with Gasteiger partial charge in [-0.15, -0.1) is 11.8 Å². The summed E-state index contributed by atoms with van der Waals surface area (Å²) in [7, 11) is 0. The summed E-state index contributed by atoms with van der Waals surface area (Å²) < 4.78 is 12.8. The number of thioether (sulfide) groups is 1. The van der Waals surface area contributed by atoms with Gasteiger partial charge in [0.05, 0.1) is 16.9 Å². The van der Waals surface area contributed by atoms with Crippen molar-refractivity contribution in [2.45, 2.75) is 11.7 Å². The summed E-state index contributed by atoms with van der Waals surface area (Å²) in [5.74, 6) is -3.01. The topological polar surface area (TPSA) is 77.5 Å². The van der Waals surface area contributed by atoms with Crippen LogP contribution in [0.1, 0.15) is 6.42 Å². The fourth-order valence-electron chi connectivity index (χ4n) is 1.76. The Morgan fingerprint density at radius 3 is 2.58 bits per heavy atom. The Morgan fingerprint density at radius 1 is 1.37 bits per heavy atom. The van der Waals surface area contributed by atoms with Crippen molar-refractivity contribution in [3.63, 3.8) is 0 Å². The maximum Gasteiger partial charge on any atom is 0.247 e. The number of rotatable bonds is 4. The molecule has 19 heavy (non-hydrogen) atoms. The van der Waals surface area contributed by atoms with Gasteiger partial charge in [-0.3, -0.25) is 9.59 Å². The molecule has 1 atom stereocenters. The fraction of sp³-hybridized carbons (Fsp3) is 0.250. The van der Waals surface area contributed by atoms with Gasteiger partial charge in [-0.05, 0) is 24.3 Å². The van der Waals surface area contributed by atoms with Crippen LogP contribution < -0.4 is 10.0 Å². The highest BCUT2D eigenvalue weighted by Gasteiger charge is 2.39. The van der Waals surface area contributed by atoms with Gasteiger partial charge in [-0.2, -0.15) is 0 Å². The van der Waals surface area contributed by atoms with Gasteiger partial charge < -0.3 is 9.90 Å². The minimum atomic E-state index is -1.29. The van der Waals surface area contributed by atoms with E-state index in [1.165, 1.54) is 12.1 Å². The second-order valence-electron chi connectivity index (χ2n) is 3.92. The summed E-state index contributed by atoms with van der Waals surface area (Å²) in [4.78, 5) is 35.1. The standard InChI is InChI=1S/C12H10FNO4S/c13-7-1-3-8(4-2-7)14-10(15)5-9(12(14)18)19-6-11(16)17/h1-4,9H,5-6H2,(H,16,17)/p-1. The molecule has 1 unspecified atom stereocenters. The normalized spacial score (nSPS) is 19.0. The first-order valence-corrected chi connectivity index (χ1v) is 6.47. The molecule has 1 aliphatic heterocycles. The van der Waals surface area contributed by atoms with Gasteiger partial charge in [0.1, 0.15) is 5.82 Å². The van der Waals surface area contributed by atoms with E-state index in [1.807, 2.05) is 0 Å². The number of benzene rings is 1. The van der Waals surface area contributed by atoms with E-state index in [0.717, 1.165) is 28.8 Å². The molecule has 0 saturated carbocycles. The molecule has 0 aliphatic carbocycles. The van der Waals surface area contributed by atoms with E-state index in [-0.39, 0.29) is 17.9 Å². The van der Waals surface area contributed by atoms with Gasteiger partial charge in [-0.1, -0.05) is 0 Å². The molecule has 1 saturated heterocycles. The van der Waals surface area contributed by atoms with Gasteiger partial charge in [0.25, 0.3) is 0 Å². The second-order valence-corrected chi connectivity index (χ2v) is 5.11. The number of anilines is 1. The van der Waals surface area contributed by atoms with E-state index >= 15 is 0 Å². The van der Waals surface area contributed by atoms with E-state index < -0.39 is 28.9 Å². The summed E-state index contributed by atoms with van der Waals surface area (Å²) in [6.07, 6.45) is -0.0614. The van der Waals surface area contributed by atoms with Crippen LogP contribution in [0.4, 0.5) is 10.1 Å². The molecule has 0 radical (unpaired) electrons. The Kier molecular flexibility index (Phi) is 3.84. The number of hydrogen-bond acceptors (Lipinski definition) is 5. The average molecular weight is 282 g/mol. The lowest BCUT2D eigenvalue weighted by atomic mass is 10.3. The Morgan fingerprint density at radius 2 is 2.00 bits per heavy atom. The minimum Gasteiger partial charge on any atom is -0.549 e. The van der Waals surface area contributed by atoms with E-state index in [0.29, 0.717) is 0 Å². The van der Waals surface area contributed by atoms with Crippen molar-refractivity contribution in [3.8, 4) is 0 Å². The summed E-state index contributed by atoms with van der Waals surface area (Å²) in [6, 6.07) is 4.96. The molecule has 7 heteroatoms. The molecular formula is C12H9FNO4S-. The van der Waals surface area contributed by atoms with Crippen LogP contribution in [-0.2, 0) is 14.4 Å². The van der Waals surface area contributed by atoms with Crippen molar-refractivity contribution in [2.24, 2.45) is 0 Å². The summed E-state index contributed by atoms with van der Waals surface area (Å²) in [6.45, 7) is 0. The maximum atomic E-state index is 12.8. The lowest BCUT2D eigenvalue weighted by Gasteiger charge is -2.14. The maximum absolute atomic E-state index is 12.8. The lowest BCUT2D eigenvalue weighted by Crippen LogP contribution is -2.32. The SMILES string of the molecule is O=C([O-])CSC1CC(=O)N(c2ccc(F)cc2)C1=O. The number of amides is 2. The third kappa shape index (κ3) is 2.93. The molecule has 2 rings (SSSR count). The average Bonchev–Trinajstić information content (AvgIpc) is 2.63. The van der Waals surface area contributed by atoms with Crippen LogP contribution in [0.3, 0.4) is 0 Å². The van der Waals surface area contributed by atoms with Crippen LogP contribution in [0.2, 0.25) is 0 Å². The first-order chi connectivity index (χ1) is 8.99. The zero-order chi connectivity index (χ0) is 14.0. The molecule has 5 nitrogen and oxygen atoms in total. The van der Waals surface area contributed by atoms with Crippen molar-refractivity contribution in [3.05, 3.63) is 30.1 Å². The number of carbonyl (C=O) groups is 3. The largest absolute Gasteiger partial charge is 0.549 e. The van der Waals surface area contributed by atoms with Crippen molar-refractivity contribution >= 4 is 35.2 Å².